The van der Waals surface area contributed by atoms with Crippen molar-refractivity contribution in [2.45, 2.75) is 166 Å². The van der Waals surface area contributed by atoms with Gasteiger partial charge in [-0.1, -0.05) is 13.8 Å². The Labute approximate surface area is 334 Å². The van der Waals surface area contributed by atoms with Crippen molar-refractivity contribution < 1.29 is 154 Å². The molecule has 0 saturated carbocycles. The molecule has 1 aliphatic rings. The van der Waals surface area contributed by atoms with Crippen LogP contribution < -0.4 is 0 Å². The van der Waals surface area contributed by atoms with Gasteiger partial charge in [0.25, 0.3) is 12.9 Å². The van der Waals surface area contributed by atoms with Crippen LogP contribution in [-0.2, 0) is 4.43 Å². The third kappa shape index (κ3) is 7.90. The molecule has 1 heterocycles. The minimum atomic E-state index is -9.02. The van der Waals surface area contributed by atoms with E-state index in [0.29, 0.717) is 0 Å². The molecule has 0 spiro atoms. The molecule has 0 aromatic rings. The molecule has 0 aromatic heterocycles. The smallest absolute Gasteiger partial charge is 0.384 e. The quantitative estimate of drug-likeness (QED) is 0.0872. The zero-order valence-electron chi connectivity index (χ0n) is 30.8. The summed E-state index contributed by atoms with van der Waals surface area (Å²) in [5.74, 6) is -109. The molecule has 0 amide bonds. The maximum atomic E-state index is 15.7. The lowest BCUT2D eigenvalue weighted by Crippen LogP contribution is -2.77. The van der Waals surface area contributed by atoms with Crippen LogP contribution in [0.2, 0.25) is 12.6 Å². The van der Waals surface area contributed by atoms with E-state index in [1.54, 1.807) is 0 Å². The summed E-state index contributed by atoms with van der Waals surface area (Å²) in [6.07, 6.45) is -41.1. The van der Waals surface area contributed by atoms with E-state index in [1.807, 2.05) is 0 Å². The molecule has 0 N–H and O–H groups in total. The number of alkyl halides is 34. The van der Waals surface area contributed by atoms with Crippen LogP contribution in [0.4, 0.5) is 149 Å². The van der Waals surface area contributed by atoms with Gasteiger partial charge in [0.1, 0.15) is 0 Å². The zero-order valence-corrected chi connectivity index (χ0v) is 31.8. The molecule has 8 atom stereocenters. The predicted molar refractivity (Wildman–Crippen MR) is 145 cm³/mol. The first-order valence-electron chi connectivity index (χ1n) is 16.1. The van der Waals surface area contributed by atoms with E-state index in [9.17, 15) is 123 Å². The largest absolute Gasteiger partial charge is 0.405 e. The van der Waals surface area contributed by atoms with E-state index in [0.717, 1.165) is 0 Å². The molecule has 36 heteroatoms. The van der Waals surface area contributed by atoms with E-state index >= 15 is 26.3 Å². The van der Waals surface area contributed by atoms with Gasteiger partial charge in [-0.2, -0.15) is 105 Å². The topological polar surface area (TPSA) is 9.23 Å². The van der Waals surface area contributed by atoms with Crippen molar-refractivity contribution in [3.63, 3.8) is 0 Å². The minimum absolute atomic E-state index is 0.103. The molecule has 0 bridgehead atoms. The van der Waals surface area contributed by atoms with Gasteiger partial charge in [-0.25, -0.2) is 43.9 Å². The molecule has 1 nitrogen and oxygen atoms in total. The monoisotopic (exact) mass is 1050 g/mol. The van der Waals surface area contributed by atoms with Gasteiger partial charge < -0.3 is 4.43 Å². The average Bonchev–Trinajstić information content (AvgIpc) is 3.13. The average molecular weight is 1050 g/mol. The Morgan fingerprint density at radius 1 is 0.391 bits per heavy atom. The molecule has 1 rings (SSSR count). The van der Waals surface area contributed by atoms with Gasteiger partial charge in [0.15, 0.2) is 24.3 Å². The Kier molecular flexibility index (Phi) is 15.4. The third-order valence-corrected chi connectivity index (χ3v) is 14.0. The highest BCUT2D eigenvalue weighted by Crippen LogP contribution is 2.66. The number of hydrogen-bond acceptors (Lipinski definition) is 1. The molecule has 1 saturated heterocycles. The van der Waals surface area contributed by atoms with Crippen molar-refractivity contribution in [3.05, 3.63) is 0 Å². The summed E-state index contributed by atoms with van der Waals surface area (Å²) in [5.41, 5.74) is -7.99. The molecule has 1 fully saturated rings. The molecule has 0 aliphatic carbocycles. The zero-order chi connectivity index (χ0) is 52.2. The van der Waals surface area contributed by atoms with Crippen molar-refractivity contribution in [2.75, 3.05) is 0 Å². The van der Waals surface area contributed by atoms with Crippen molar-refractivity contribution in [2.24, 2.45) is 5.41 Å². The lowest BCUT2D eigenvalue weighted by atomic mass is 9.69. The fourth-order valence-electron chi connectivity index (χ4n) is 5.73. The van der Waals surface area contributed by atoms with Crippen LogP contribution in [-0.4, -0.2) is 134 Å². The van der Waals surface area contributed by atoms with Gasteiger partial charge in [-0.3, -0.25) is 0 Å². The summed E-state index contributed by atoms with van der Waals surface area (Å²) in [7, 11) is -6.86. The molecular formula is C28H24F34OSi. The van der Waals surface area contributed by atoms with Gasteiger partial charge in [0.05, 0.1) is 5.60 Å². The molecule has 8 unspecified atom stereocenters. The Morgan fingerprint density at radius 3 is 0.906 bits per heavy atom. The Balaban J connectivity index is 3.96. The third-order valence-electron chi connectivity index (χ3n) is 10.5. The lowest BCUT2D eigenvalue weighted by Gasteiger charge is -2.57. The highest BCUT2D eigenvalue weighted by atomic mass is 28.4. The van der Waals surface area contributed by atoms with E-state index in [1.165, 1.54) is 0 Å². The summed E-state index contributed by atoms with van der Waals surface area (Å²) in [6.45, 7) is -1.00. The van der Waals surface area contributed by atoms with Crippen LogP contribution >= 0.6 is 0 Å². The van der Waals surface area contributed by atoms with Crippen molar-refractivity contribution in [1.29, 1.82) is 0 Å². The number of rotatable bonds is 20. The van der Waals surface area contributed by atoms with Gasteiger partial charge in [0, 0.05) is 0 Å². The maximum absolute atomic E-state index is 15.7. The molecule has 0 aromatic carbocycles. The van der Waals surface area contributed by atoms with Crippen molar-refractivity contribution in [3.8, 4) is 0 Å². The summed E-state index contributed by atoms with van der Waals surface area (Å²) in [6, 6.07) is -2.00. The SMILES string of the molecule is CC1(C)CC[Si](C)(C(F)C(F)(F)C(F)(F)C(F)(F)C(F)(F)C(F)(F)C(F)(F)C(F)C(F)C(F)F)OC1(C)C(F)C(F)(F)C(F)(F)C(F)(F)C(F)(F)C(F)(F)C(F)(F)C(F)C(F)C(F)F. The second-order valence-electron chi connectivity index (χ2n) is 15.1. The molecule has 0 radical (unpaired) electrons. The second-order valence-corrected chi connectivity index (χ2v) is 18.9. The van der Waals surface area contributed by atoms with E-state index in [-0.39, 0.29) is 13.8 Å². The first-order valence-corrected chi connectivity index (χ1v) is 18.8. The highest BCUT2D eigenvalue weighted by Gasteiger charge is 2.95. The fraction of sp³-hybridized carbons (Fsp3) is 1.00. The minimum Gasteiger partial charge on any atom is -0.405 e. The van der Waals surface area contributed by atoms with Crippen LogP contribution in [0.15, 0.2) is 0 Å². The van der Waals surface area contributed by atoms with Crippen LogP contribution in [0, 0.1) is 5.41 Å². The maximum Gasteiger partial charge on any atom is 0.384 e. The van der Waals surface area contributed by atoms with Crippen molar-refractivity contribution in [1.82, 2.24) is 0 Å². The number of hydrogen-bond donors (Lipinski definition) is 0. The van der Waals surface area contributed by atoms with Gasteiger partial charge in [0.2, 0.25) is 20.7 Å². The first-order chi connectivity index (χ1) is 27.5. The van der Waals surface area contributed by atoms with Gasteiger partial charge in [-0.15, -0.1) is 0 Å². The van der Waals surface area contributed by atoms with E-state index in [4.69, 9.17) is 0 Å². The van der Waals surface area contributed by atoms with Gasteiger partial charge in [-0.05, 0) is 31.4 Å². The molecule has 384 valence electrons. The number of halogens is 34. The lowest BCUT2D eigenvalue weighted by molar-refractivity contribution is -0.437. The first kappa shape index (κ1) is 59.8. The van der Waals surface area contributed by atoms with Crippen molar-refractivity contribution >= 4 is 8.32 Å². The summed E-state index contributed by atoms with van der Waals surface area (Å²) >= 11 is 0. The van der Waals surface area contributed by atoms with E-state index in [2.05, 4.69) is 4.43 Å². The van der Waals surface area contributed by atoms with Crippen LogP contribution in [0.1, 0.15) is 27.2 Å². The highest BCUT2D eigenvalue weighted by molar-refractivity contribution is 6.74. The van der Waals surface area contributed by atoms with E-state index < -0.39 is 166 Å². The van der Waals surface area contributed by atoms with Crippen LogP contribution in [0.25, 0.3) is 0 Å². The van der Waals surface area contributed by atoms with Crippen LogP contribution in [0.5, 0.6) is 0 Å². The summed E-state index contributed by atoms with van der Waals surface area (Å²) in [4.78, 5) is 0. The standard InChI is InChI=1S/C28H24F34OSi/c1-15(2)5-6-64(4,14(38)20(45,46)24(53,54)28(61,62)26(57,58)22(49,50)18(41,42)10(32)8(30)12(35)36)63-16(15,3)13(37)19(43,44)23(51,52)27(59,60)25(55,56)21(47,48)17(39,40)9(31)7(29)11(33)34/h7-14H,5-6H2,1-4H3. The Bertz CT molecular complexity index is 1630. The second kappa shape index (κ2) is 16.5. The Hall–Kier alpha value is -2.20. The molecular weight excluding hydrogens is 1030 g/mol. The summed E-state index contributed by atoms with van der Waals surface area (Å²) < 4.78 is 483. The Morgan fingerprint density at radius 2 is 0.641 bits per heavy atom. The fourth-order valence-corrected chi connectivity index (χ4v) is 9.61. The molecule has 64 heavy (non-hydrogen) atoms. The summed E-state index contributed by atoms with van der Waals surface area (Å²) in [5, 5.41) is 0. The van der Waals surface area contributed by atoms with Gasteiger partial charge >= 0.3 is 71.1 Å². The van der Waals surface area contributed by atoms with Crippen LogP contribution in [0.3, 0.4) is 0 Å². The normalized spacial score (nSPS) is 25.3. The predicted octanol–water partition coefficient (Wildman–Crippen LogP) is 13.5. The molecule has 1 aliphatic heterocycles.